The molecule has 1 aromatic heterocycles. The molecule has 0 unspecified atom stereocenters. The summed E-state index contributed by atoms with van der Waals surface area (Å²) < 4.78 is 1.74. The molecular formula is C26H25N5O. The Kier molecular flexibility index (Phi) is 4.98. The number of fused-ring (bicyclic) bond motifs is 1. The van der Waals surface area contributed by atoms with Crippen molar-refractivity contribution >= 4 is 28.2 Å². The average molecular weight is 424 g/mol. The number of hydrogen-bond donors (Lipinski definition) is 1. The van der Waals surface area contributed by atoms with Crippen LogP contribution in [0.4, 0.5) is 5.69 Å². The fraction of sp³-hybridized carbons (Fsp3) is 0.192. The molecule has 1 N–H and O–H groups in total. The summed E-state index contributed by atoms with van der Waals surface area (Å²) in [4.78, 5) is 19.9. The molecular weight excluding hydrogens is 398 g/mol. The molecule has 160 valence electrons. The van der Waals surface area contributed by atoms with Crippen LogP contribution in [0.1, 0.15) is 27.3 Å². The van der Waals surface area contributed by atoms with Gasteiger partial charge in [-0.1, -0.05) is 24.3 Å². The van der Waals surface area contributed by atoms with Crippen LogP contribution in [0.15, 0.2) is 71.7 Å². The number of amides is 1. The van der Waals surface area contributed by atoms with Crippen molar-refractivity contribution in [2.24, 2.45) is 4.99 Å². The number of aromatic nitrogens is 2. The van der Waals surface area contributed by atoms with E-state index in [1.54, 1.807) is 4.68 Å². The van der Waals surface area contributed by atoms with Crippen molar-refractivity contribution in [3.63, 3.8) is 0 Å². The molecule has 1 amide bonds. The lowest BCUT2D eigenvalue weighted by atomic mass is 10.1. The van der Waals surface area contributed by atoms with Crippen LogP contribution in [-0.2, 0) is 0 Å². The number of amidine groups is 1. The number of hydrogen-bond acceptors (Lipinski definition) is 4. The van der Waals surface area contributed by atoms with E-state index < -0.39 is 0 Å². The molecule has 32 heavy (non-hydrogen) atoms. The second kappa shape index (κ2) is 7.96. The zero-order valence-electron chi connectivity index (χ0n) is 18.5. The maximum Gasteiger partial charge on any atom is 0.274 e. The first-order valence-corrected chi connectivity index (χ1v) is 10.7. The Morgan fingerprint density at radius 2 is 1.69 bits per heavy atom. The molecule has 0 saturated heterocycles. The molecule has 2 heterocycles. The van der Waals surface area contributed by atoms with Crippen LogP contribution in [-0.4, -0.2) is 46.6 Å². The summed E-state index contributed by atoms with van der Waals surface area (Å²) in [6.45, 7) is 5.70. The van der Waals surface area contributed by atoms with E-state index in [9.17, 15) is 4.79 Å². The number of carbonyl (C=O) groups is 1. The van der Waals surface area contributed by atoms with E-state index in [4.69, 9.17) is 0 Å². The van der Waals surface area contributed by atoms with Gasteiger partial charge in [-0.15, -0.1) is 0 Å². The van der Waals surface area contributed by atoms with E-state index in [-0.39, 0.29) is 5.91 Å². The third-order valence-corrected chi connectivity index (χ3v) is 5.82. The van der Waals surface area contributed by atoms with E-state index in [2.05, 4.69) is 44.6 Å². The molecule has 1 aliphatic heterocycles. The zero-order valence-corrected chi connectivity index (χ0v) is 18.5. The molecule has 1 aliphatic rings. The number of nitrogens with zero attached hydrogens (tertiary/aromatic N) is 4. The molecule has 6 heteroatoms. The van der Waals surface area contributed by atoms with Crippen LogP contribution in [0.3, 0.4) is 0 Å². The van der Waals surface area contributed by atoms with Gasteiger partial charge in [0.25, 0.3) is 5.91 Å². The Bertz CT molecular complexity index is 1350. The highest BCUT2D eigenvalue weighted by atomic mass is 16.2. The third kappa shape index (κ3) is 3.64. The minimum Gasteiger partial charge on any atom is -0.358 e. The van der Waals surface area contributed by atoms with Crippen LogP contribution in [0, 0.1) is 13.8 Å². The van der Waals surface area contributed by atoms with Crippen LogP contribution >= 0.6 is 0 Å². The Hall–Kier alpha value is -3.93. The van der Waals surface area contributed by atoms with E-state index in [0.717, 1.165) is 52.5 Å². The number of rotatable bonds is 4. The van der Waals surface area contributed by atoms with Gasteiger partial charge in [-0.3, -0.25) is 9.79 Å². The summed E-state index contributed by atoms with van der Waals surface area (Å²) in [6, 6.07) is 22.1. The Labute approximate surface area is 187 Å². The van der Waals surface area contributed by atoms with E-state index >= 15 is 0 Å². The molecule has 0 saturated carbocycles. The van der Waals surface area contributed by atoms with Crippen molar-refractivity contribution in [3.8, 4) is 5.69 Å². The lowest BCUT2D eigenvalue weighted by Gasteiger charge is -2.14. The summed E-state index contributed by atoms with van der Waals surface area (Å²) in [5.41, 5.74) is 5.05. The third-order valence-electron chi connectivity index (χ3n) is 5.82. The summed E-state index contributed by atoms with van der Waals surface area (Å²) in [5.74, 6) is 0.796. The number of carbonyl (C=O) groups excluding carboxylic acids is 1. The summed E-state index contributed by atoms with van der Waals surface area (Å²) in [5, 5.41) is 9.92. The fourth-order valence-electron chi connectivity index (χ4n) is 4.16. The highest BCUT2D eigenvalue weighted by molar-refractivity contribution is 6.04. The molecule has 0 atom stereocenters. The maximum atomic E-state index is 13.2. The molecule has 3 aromatic carbocycles. The molecule has 0 bridgehead atoms. The molecule has 0 aliphatic carbocycles. The predicted molar refractivity (Wildman–Crippen MR) is 129 cm³/mol. The van der Waals surface area contributed by atoms with Gasteiger partial charge in [0.15, 0.2) is 0 Å². The van der Waals surface area contributed by atoms with E-state index in [0.29, 0.717) is 5.69 Å². The monoisotopic (exact) mass is 423 g/mol. The van der Waals surface area contributed by atoms with E-state index in [1.165, 1.54) is 5.39 Å². The van der Waals surface area contributed by atoms with Gasteiger partial charge in [0.05, 0.1) is 17.9 Å². The number of benzene rings is 3. The quantitative estimate of drug-likeness (QED) is 0.522. The van der Waals surface area contributed by atoms with Crippen molar-refractivity contribution in [3.05, 3.63) is 89.2 Å². The zero-order chi connectivity index (χ0) is 22.2. The first-order chi connectivity index (χ1) is 15.5. The minimum absolute atomic E-state index is 0.193. The molecule has 5 rings (SSSR count). The largest absolute Gasteiger partial charge is 0.358 e. The first kappa shape index (κ1) is 20.0. The van der Waals surface area contributed by atoms with Crippen molar-refractivity contribution in [1.82, 2.24) is 14.7 Å². The summed E-state index contributed by atoms with van der Waals surface area (Å²) in [6.07, 6.45) is 0. The lowest BCUT2D eigenvalue weighted by Crippen LogP contribution is -2.23. The van der Waals surface area contributed by atoms with Gasteiger partial charge < -0.3 is 10.2 Å². The normalized spacial score (nSPS) is 13.5. The van der Waals surface area contributed by atoms with Crippen LogP contribution in [0.25, 0.3) is 16.5 Å². The highest BCUT2D eigenvalue weighted by Gasteiger charge is 2.18. The van der Waals surface area contributed by atoms with Gasteiger partial charge in [0, 0.05) is 24.8 Å². The van der Waals surface area contributed by atoms with Crippen molar-refractivity contribution < 1.29 is 4.79 Å². The Morgan fingerprint density at radius 3 is 2.38 bits per heavy atom. The van der Waals surface area contributed by atoms with Crippen LogP contribution in [0.5, 0.6) is 0 Å². The van der Waals surface area contributed by atoms with Crippen LogP contribution < -0.4 is 5.32 Å². The molecule has 0 fully saturated rings. The number of nitrogens with one attached hydrogen (secondary N) is 1. The Morgan fingerprint density at radius 1 is 0.969 bits per heavy atom. The molecule has 6 nitrogen and oxygen atoms in total. The van der Waals surface area contributed by atoms with Gasteiger partial charge in [-0.05, 0) is 72.6 Å². The van der Waals surface area contributed by atoms with Gasteiger partial charge in [0.1, 0.15) is 11.5 Å². The van der Waals surface area contributed by atoms with Crippen molar-refractivity contribution in [1.29, 1.82) is 0 Å². The smallest absolute Gasteiger partial charge is 0.274 e. The van der Waals surface area contributed by atoms with Gasteiger partial charge in [0.2, 0.25) is 0 Å². The molecule has 0 spiro atoms. The maximum absolute atomic E-state index is 13.2. The topological polar surface area (TPSA) is 62.5 Å². The second-order valence-electron chi connectivity index (χ2n) is 8.23. The highest BCUT2D eigenvalue weighted by Crippen LogP contribution is 2.24. The van der Waals surface area contributed by atoms with Crippen molar-refractivity contribution in [2.75, 3.05) is 25.5 Å². The number of aryl methyl sites for hydroxylation is 2. The lowest BCUT2D eigenvalue weighted by molar-refractivity contribution is 0.101. The standard InChI is InChI=1S/C26H25N5O/c1-17-14-20-6-4-5-7-21(20)16-23(17)31-24(15-18(2)29-31)26(32)28-22-10-8-19(9-11-22)25-27-12-13-30(25)3/h4-11,14-16H,12-13H2,1-3H3,(H,28,32). The SMILES string of the molecule is Cc1cc(C(=O)Nc2ccc(C3=NCCN3C)cc2)n(-c2cc3ccccc3cc2C)n1. The number of anilines is 1. The van der Waals surface area contributed by atoms with Gasteiger partial charge >= 0.3 is 0 Å². The van der Waals surface area contributed by atoms with Gasteiger partial charge in [-0.2, -0.15) is 5.10 Å². The summed E-state index contributed by atoms with van der Waals surface area (Å²) >= 11 is 0. The second-order valence-corrected chi connectivity index (χ2v) is 8.23. The van der Waals surface area contributed by atoms with E-state index in [1.807, 2.05) is 63.4 Å². The number of likely N-dealkylation sites (N-methyl/N-ethyl adjacent to an activating group) is 1. The summed E-state index contributed by atoms with van der Waals surface area (Å²) in [7, 11) is 2.04. The molecule has 4 aromatic rings. The average Bonchev–Trinajstić information content (AvgIpc) is 3.39. The van der Waals surface area contributed by atoms with Crippen LogP contribution in [0.2, 0.25) is 0 Å². The number of aliphatic imine (C=N–C) groups is 1. The fourth-order valence-corrected chi connectivity index (χ4v) is 4.16. The van der Waals surface area contributed by atoms with Crippen molar-refractivity contribution in [2.45, 2.75) is 13.8 Å². The minimum atomic E-state index is -0.193. The first-order valence-electron chi connectivity index (χ1n) is 10.7. The molecule has 0 radical (unpaired) electrons. The predicted octanol–water partition coefficient (Wildman–Crippen LogP) is 4.59. The van der Waals surface area contributed by atoms with Gasteiger partial charge in [-0.25, -0.2) is 4.68 Å². The Balaban J connectivity index is 1.44.